The van der Waals surface area contributed by atoms with Crippen molar-refractivity contribution in [2.75, 3.05) is 0 Å². The van der Waals surface area contributed by atoms with Crippen molar-refractivity contribution in [1.29, 1.82) is 5.53 Å². The van der Waals surface area contributed by atoms with E-state index >= 15 is 0 Å². The van der Waals surface area contributed by atoms with Gasteiger partial charge in [-0.25, -0.2) is 0 Å². The largest absolute Gasteiger partial charge is 0.345 e. The van der Waals surface area contributed by atoms with Gasteiger partial charge in [-0.2, -0.15) is 8.42 Å². The van der Waals surface area contributed by atoms with Crippen LogP contribution in [0.25, 0.3) is 6.08 Å². The first-order valence-corrected chi connectivity index (χ1v) is 5.97. The first kappa shape index (κ1) is 10.8. The third-order valence-corrected chi connectivity index (χ3v) is 3.30. The Morgan fingerprint density at radius 1 is 1.31 bits per heavy atom. The zero-order valence-corrected chi connectivity index (χ0v) is 9.03. The Kier molecular flexibility index (Phi) is 2.47. The minimum atomic E-state index is -4.21. The summed E-state index contributed by atoms with van der Waals surface area (Å²) in [6.45, 7) is 0. The number of nitrogens with one attached hydrogen (secondary N) is 1. The molecule has 2 rings (SSSR count). The first-order chi connectivity index (χ1) is 7.52. The fourth-order valence-electron chi connectivity index (χ4n) is 1.67. The Labute approximate surface area is 92.4 Å². The third-order valence-electron chi connectivity index (χ3n) is 2.39. The molecule has 0 spiro atoms. The lowest BCUT2D eigenvalue weighted by molar-refractivity contribution is -0.119. The van der Waals surface area contributed by atoms with Crippen molar-refractivity contribution >= 4 is 21.9 Å². The van der Waals surface area contributed by atoms with E-state index in [1.807, 2.05) is 0 Å². The zero-order valence-electron chi connectivity index (χ0n) is 8.21. The molecule has 0 aromatic heterocycles. The van der Waals surface area contributed by atoms with E-state index < -0.39 is 10.1 Å². The lowest BCUT2D eigenvalue weighted by Crippen LogP contribution is -2.11. The van der Waals surface area contributed by atoms with E-state index in [4.69, 9.17) is 10.1 Å². The SMILES string of the molecule is N=[N+]=C1C=Cc2c(cccc2S(=O)(=O)O)C1. The molecule has 1 aromatic rings. The van der Waals surface area contributed by atoms with Gasteiger partial charge in [-0.3, -0.25) is 4.55 Å². The molecule has 1 aromatic carbocycles. The van der Waals surface area contributed by atoms with Crippen molar-refractivity contribution in [3.8, 4) is 0 Å². The molecule has 5 nitrogen and oxygen atoms in total. The molecule has 16 heavy (non-hydrogen) atoms. The van der Waals surface area contributed by atoms with Gasteiger partial charge in [-0.05, 0) is 23.3 Å². The number of allylic oxidation sites excluding steroid dienone is 1. The molecule has 6 heteroatoms. The summed E-state index contributed by atoms with van der Waals surface area (Å²) >= 11 is 0. The Hall–Kier alpha value is -1.75. The van der Waals surface area contributed by atoms with Gasteiger partial charge in [0.15, 0.2) is 0 Å². The van der Waals surface area contributed by atoms with Gasteiger partial charge >= 0.3 is 5.71 Å². The molecule has 1 aliphatic carbocycles. The highest BCUT2D eigenvalue weighted by molar-refractivity contribution is 7.85. The van der Waals surface area contributed by atoms with Crippen LogP contribution in [-0.4, -0.2) is 23.5 Å². The Morgan fingerprint density at radius 2 is 2.06 bits per heavy atom. The minimum Gasteiger partial charge on any atom is -0.282 e. The molecule has 0 atom stereocenters. The van der Waals surface area contributed by atoms with E-state index in [1.54, 1.807) is 24.3 Å². The Morgan fingerprint density at radius 3 is 2.69 bits per heavy atom. The number of benzene rings is 1. The van der Waals surface area contributed by atoms with Crippen molar-refractivity contribution in [2.45, 2.75) is 11.3 Å². The summed E-state index contributed by atoms with van der Waals surface area (Å²) in [5, 5.41) is 0. The molecule has 0 aliphatic heterocycles. The highest BCUT2D eigenvalue weighted by Gasteiger charge is 2.22. The molecule has 0 radical (unpaired) electrons. The molecular weight excluding hydrogens is 228 g/mol. The van der Waals surface area contributed by atoms with Gasteiger partial charge in [-0.15, -0.1) is 0 Å². The molecule has 0 unspecified atom stereocenters. The smallest absolute Gasteiger partial charge is 0.282 e. The molecule has 0 fully saturated rings. The summed E-state index contributed by atoms with van der Waals surface area (Å²) in [5.74, 6) is 0. The Bertz CT molecular complexity index is 625. The summed E-state index contributed by atoms with van der Waals surface area (Å²) in [6, 6.07) is 4.66. The van der Waals surface area contributed by atoms with Crippen LogP contribution in [-0.2, 0) is 16.5 Å². The van der Waals surface area contributed by atoms with Crippen molar-refractivity contribution < 1.29 is 17.8 Å². The summed E-state index contributed by atoms with van der Waals surface area (Å²) in [4.78, 5) is 3.20. The standard InChI is InChI=1S/C10H8N2O3S/c11-12-8-4-5-9-7(6-8)2-1-3-10(9)16(13,14)15/h1-5,11H,6H2/p+1. The summed E-state index contributed by atoms with van der Waals surface area (Å²) in [7, 11) is -4.21. The number of hydrogen-bond acceptors (Lipinski definition) is 3. The van der Waals surface area contributed by atoms with E-state index in [9.17, 15) is 8.42 Å². The van der Waals surface area contributed by atoms with Crippen LogP contribution in [0.4, 0.5) is 0 Å². The molecule has 0 saturated heterocycles. The van der Waals surface area contributed by atoms with Gasteiger partial charge in [0, 0.05) is 6.08 Å². The number of hydrogen-bond donors (Lipinski definition) is 2. The molecule has 0 bridgehead atoms. The fourth-order valence-corrected chi connectivity index (χ4v) is 2.40. The molecular formula is C10H9N2O3S+. The van der Waals surface area contributed by atoms with Crippen molar-refractivity contribution in [2.24, 2.45) is 0 Å². The second kappa shape index (κ2) is 3.68. The molecule has 82 valence electrons. The van der Waals surface area contributed by atoms with E-state index in [0.29, 0.717) is 17.7 Å². The third kappa shape index (κ3) is 1.81. The average molecular weight is 237 g/mol. The molecule has 1 aliphatic rings. The van der Waals surface area contributed by atoms with Gasteiger partial charge in [0.2, 0.25) is 0 Å². The van der Waals surface area contributed by atoms with E-state index in [0.717, 1.165) is 5.56 Å². The predicted molar refractivity (Wildman–Crippen MR) is 57.0 cm³/mol. The van der Waals surface area contributed by atoms with Crippen LogP contribution in [0, 0.1) is 5.53 Å². The summed E-state index contributed by atoms with van der Waals surface area (Å²) in [6.07, 6.45) is 3.53. The van der Waals surface area contributed by atoms with Crippen LogP contribution in [0.1, 0.15) is 11.1 Å². The maximum Gasteiger partial charge on any atom is 0.345 e. The molecule has 0 amide bonds. The minimum absolute atomic E-state index is 0.106. The van der Waals surface area contributed by atoms with Gasteiger partial charge < -0.3 is 0 Å². The van der Waals surface area contributed by atoms with Crippen molar-refractivity contribution in [1.82, 2.24) is 0 Å². The highest BCUT2D eigenvalue weighted by Crippen LogP contribution is 2.24. The summed E-state index contributed by atoms with van der Waals surface area (Å²) in [5.41, 5.74) is 8.65. The van der Waals surface area contributed by atoms with Gasteiger partial charge in [0.05, 0.1) is 16.7 Å². The van der Waals surface area contributed by atoms with Crippen LogP contribution in [0.3, 0.4) is 0 Å². The van der Waals surface area contributed by atoms with Gasteiger partial charge in [-0.1, -0.05) is 12.1 Å². The maximum atomic E-state index is 11.1. The fraction of sp³-hybridized carbons (Fsp3) is 0.100. The lowest BCUT2D eigenvalue weighted by atomic mass is 9.96. The van der Waals surface area contributed by atoms with E-state index in [-0.39, 0.29) is 4.90 Å². The van der Waals surface area contributed by atoms with Crippen LogP contribution in [0.5, 0.6) is 0 Å². The monoisotopic (exact) mass is 237 g/mol. The van der Waals surface area contributed by atoms with E-state index in [1.165, 1.54) is 6.07 Å². The summed E-state index contributed by atoms with van der Waals surface area (Å²) < 4.78 is 31.3. The average Bonchev–Trinajstić information content (AvgIpc) is 2.26. The molecule has 2 N–H and O–H groups in total. The van der Waals surface area contributed by atoms with E-state index in [2.05, 4.69) is 4.79 Å². The van der Waals surface area contributed by atoms with Crippen LogP contribution in [0.2, 0.25) is 0 Å². The predicted octanol–water partition coefficient (Wildman–Crippen LogP) is 1.18. The van der Waals surface area contributed by atoms with Crippen LogP contribution < -0.4 is 0 Å². The van der Waals surface area contributed by atoms with Crippen LogP contribution >= 0.6 is 0 Å². The number of rotatable bonds is 1. The number of fused-ring (bicyclic) bond motifs is 1. The van der Waals surface area contributed by atoms with Crippen molar-refractivity contribution in [3.63, 3.8) is 0 Å². The topological polar surface area (TPSA) is 92.3 Å². The van der Waals surface area contributed by atoms with Gasteiger partial charge in [0.25, 0.3) is 10.1 Å². The highest BCUT2D eigenvalue weighted by atomic mass is 32.2. The van der Waals surface area contributed by atoms with Gasteiger partial charge in [0.1, 0.15) is 4.90 Å². The van der Waals surface area contributed by atoms with Crippen LogP contribution in [0.15, 0.2) is 29.2 Å². The zero-order chi connectivity index (χ0) is 11.8. The molecule has 0 heterocycles. The quantitative estimate of drug-likeness (QED) is 0.436. The lowest BCUT2D eigenvalue weighted by Gasteiger charge is -2.10. The number of nitrogens with zero attached hydrogens (tertiary/aromatic N) is 1. The first-order valence-electron chi connectivity index (χ1n) is 4.53. The normalized spacial score (nSPS) is 14.4. The Balaban J connectivity index is 2.69. The second-order valence-corrected chi connectivity index (χ2v) is 4.81. The molecule has 0 saturated carbocycles. The van der Waals surface area contributed by atoms with Crippen molar-refractivity contribution in [3.05, 3.63) is 35.4 Å². The maximum absolute atomic E-state index is 11.1. The second-order valence-electron chi connectivity index (χ2n) is 3.42.